The summed E-state index contributed by atoms with van der Waals surface area (Å²) >= 11 is 2.09. The molecule has 222 valence electrons. The lowest BCUT2D eigenvalue weighted by atomic mass is 9.86. The lowest BCUT2D eigenvalue weighted by Crippen LogP contribution is -2.59. The molecule has 4 rings (SSSR count). The molecule has 4 atom stereocenters. The summed E-state index contributed by atoms with van der Waals surface area (Å²) in [5.41, 5.74) is 1.03. The largest absolute Gasteiger partial charge is 0.493 e. The highest BCUT2D eigenvalue weighted by Gasteiger charge is 2.45. The van der Waals surface area contributed by atoms with Crippen molar-refractivity contribution in [1.82, 2.24) is 10.2 Å². The van der Waals surface area contributed by atoms with E-state index in [4.69, 9.17) is 14.2 Å². The van der Waals surface area contributed by atoms with E-state index in [9.17, 15) is 24.9 Å². The van der Waals surface area contributed by atoms with E-state index in [2.05, 4.69) is 27.9 Å². The number of hydrogen-bond donors (Lipinski definition) is 4. The lowest BCUT2D eigenvalue weighted by Gasteiger charge is -2.45. The standard InChI is InChI=1S/C29H41IN2O8/c1-38-25-14-18(17-34)13-21(30)27(25)40-24-16-19(28(36)31-10-11-33)15-22(26(24)35)32(20-7-4-2-3-5-8-20)29(37)23-9-6-12-39-23/h13-14,16,20,22-24,26,33-35H,2-12,15,17H2,1H3,(H,31,36). The fourth-order valence-electron chi connectivity index (χ4n) is 5.95. The van der Waals surface area contributed by atoms with Crippen LogP contribution in [0.15, 0.2) is 23.8 Å². The Morgan fingerprint density at radius 2 is 1.88 bits per heavy atom. The average molecular weight is 673 g/mol. The Bertz CT molecular complexity index is 1050. The van der Waals surface area contributed by atoms with Crippen molar-refractivity contribution in [3.8, 4) is 11.5 Å². The molecule has 10 nitrogen and oxygen atoms in total. The van der Waals surface area contributed by atoms with Gasteiger partial charge in [-0.25, -0.2) is 0 Å². The third-order valence-electron chi connectivity index (χ3n) is 7.98. The van der Waals surface area contributed by atoms with Crippen LogP contribution in [0.25, 0.3) is 0 Å². The summed E-state index contributed by atoms with van der Waals surface area (Å²) in [4.78, 5) is 29.0. The minimum Gasteiger partial charge on any atom is -0.493 e. The Kier molecular flexibility index (Phi) is 11.5. The van der Waals surface area contributed by atoms with Gasteiger partial charge in [-0.1, -0.05) is 25.7 Å². The summed E-state index contributed by atoms with van der Waals surface area (Å²) < 4.78 is 18.4. The predicted octanol–water partition coefficient (Wildman–Crippen LogP) is 2.44. The molecule has 1 aliphatic heterocycles. The Balaban J connectivity index is 1.72. The van der Waals surface area contributed by atoms with E-state index in [1.54, 1.807) is 18.2 Å². The normalized spacial score (nSPS) is 25.6. The number of aliphatic hydroxyl groups is 3. The number of aliphatic hydroxyl groups excluding tert-OH is 3. The van der Waals surface area contributed by atoms with Gasteiger partial charge in [0.15, 0.2) is 11.5 Å². The summed E-state index contributed by atoms with van der Waals surface area (Å²) in [6, 6.07) is 2.66. The number of halogens is 1. The van der Waals surface area contributed by atoms with Gasteiger partial charge in [-0.3, -0.25) is 9.59 Å². The van der Waals surface area contributed by atoms with Crippen molar-refractivity contribution in [3.63, 3.8) is 0 Å². The summed E-state index contributed by atoms with van der Waals surface area (Å²) in [6.45, 7) is 0.246. The molecule has 2 aliphatic carbocycles. The van der Waals surface area contributed by atoms with E-state index in [1.807, 2.05) is 4.90 Å². The molecule has 0 spiro atoms. The number of nitrogens with zero attached hydrogens (tertiary/aromatic N) is 1. The van der Waals surface area contributed by atoms with Crippen LogP contribution in [0.3, 0.4) is 0 Å². The van der Waals surface area contributed by atoms with Crippen molar-refractivity contribution in [1.29, 1.82) is 0 Å². The Morgan fingerprint density at radius 1 is 1.12 bits per heavy atom. The van der Waals surface area contributed by atoms with Crippen molar-refractivity contribution >= 4 is 34.4 Å². The van der Waals surface area contributed by atoms with Gasteiger partial charge in [0.1, 0.15) is 18.3 Å². The van der Waals surface area contributed by atoms with Gasteiger partial charge in [0, 0.05) is 31.2 Å². The Morgan fingerprint density at radius 3 is 2.50 bits per heavy atom. The van der Waals surface area contributed by atoms with Crippen LogP contribution in [-0.2, 0) is 20.9 Å². The smallest absolute Gasteiger partial charge is 0.252 e. The summed E-state index contributed by atoms with van der Waals surface area (Å²) in [6.07, 6.45) is 6.43. The first-order valence-electron chi connectivity index (χ1n) is 14.2. The molecule has 1 aromatic rings. The monoisotopic (exact) mass is 672 g/mol. The maximum absolute atomic E-state index is 14.0. The van der Waals surface area contributed by atoms with Gasteiger partial charge in [-0.05, 0) is 72.0 Å². The fraction of sp³-hybridized carbons (Fsp3) is 0.655. The molecule has 1 saturated carbocycles. The molecular weight excluding hydrogens is 631 g/mol. The SMILES string of the molecule is COc1cc(CO)cc(I)c1OC1C=C(C(=O)NCCO)CC(N(C(=O)C2CCCO2)C2CCCCCC2)C1O. The van der Waals surface area contributed by atoms with Crippen LogP contribution in [-0.4, -0.2) is 89.3 Å². The number of ether oxygens (including phenoxy) is 3. The van der Waals surface area contributed by atoms with Crippen molar-refractivity contribution in [2.45, 2.75) is 94.8 Å². The van der Waals surface area contributed by atoms with Crippen molar-refractivity contribution in [2.24, 2.45) is 0 Å². The third kappa shape index (κ3) is 7.28. The number of carbonyl (C=O) groups is 2. The van der Waals surface area contributed by atoms with Gasteiger partial charge < -0.3 is 39.7 Å². The minimum atomic E-state index is -1.12. The molecule has 0 bridgehead atoms. The number of amides is 2. The zero-order valence-electron chi connectivity index (χ0n) is 23.0. The van der Waals surface area contributed by atoms with E-state index in [1.165, 1.54) is 7.11 Å². The summed E-state index contributed by atoms with van der Waals surface area (Å²) in [5, 5.41) is 33.4. The van der Waals surface area contributed by atoms with Crippen LogP contribution >= 0.6 is 22.6 Å². The first kappa shape index (κ1) is 31.0. The van der Waals surface area contributed by atoms with E-state index >= 15 is 0 Å². The molecule has 0 radical (unpaired) electrons. The van der Waals surface area contributed by atoms with Gasteiger partial charge in [-0.15, -0.1) is 0 Å². The molecule has 2 fully saturated rings. The highest BCUT2D eigenvalue weighted by molar-refractivity contribution is 14.1. The Hall–Kier alpha value is -1.93. The lowest BCUT2D eigenvalue weighted by molar-refractivity contribution is -0.152. The summed E-state index contributed by atoms with van der Waals surface area (Å²) in [7, 11) is 1.50. The van der Waals surface area contributed by atoms with Crippen LogP contribution in [0.2, 0.25) is 0 Å². The van der Waals surface area contributed by atoms with Crippen molar-refractivity contribution < 1.29 is 39.1 Å². The van der Waals surface area contributed by atoms with Gasteiger partial charge >= 0.3 is 0 Å². The van der Waals surface area contributed by atoms with Gasteiger partial charge in [0.05, 0.1) is 29.9 Å². The fourth-order valence-corrected chi connectivity index (χ4v) is 6.74. The molecule has 1 aromatic carbocycles. The van der Waals surface area contributed by atoms with Crippen LogP contribution in [0.4, 0.5) is 0 Å². The quantitative estimate of drug-likeness (QED) is 0.220. The molecular formula is C29H41IN2O8. The van der Waals surface area contributed by atoms with Gasteiger partial charge in [0.25, 0.3) is 5.91 Å². The molecule has 4 N–H and O–H groups in total. The number of benzene rings is 1. The molecule has 40 heavy (non-hydrogen) atoms. The van der Waals surface area contributed by atoms with E-state index in [0.29, 0.717) is 39.2 Å². The topological polar surface area (TPSA) is 138 Å². The maximum atomic E-state index is 14.0. The second-order valence-corrected chi connectivity index (χ2v) is 11.8. The number of rotatable bonds is 10. The highest BCUT2D eigenvalue weighted by atomic mass is 127. The molecule has 2 amide bonds. The second-order valence-electron chi connectivity index (χ2n) is 10.7. The zero-order valence-corrected chi connectivity index (χ0v) is 25.2. The summed E-state index contributed by atoms with van der Waals surface area (Å²) in [5.74, 6) is 0.259. The first-order chi connectivity index (χ1) is 19.4. The van der Waals surface area contributed by atoms with E-state index < -0.39 is 24.4 Å². The zero-order chi connectivity index (χ0) is 28.6. The highest BCUT2D eigenvalue weighted by Crippen LogP contribution is 2.38. The number of carbonyl (C=O) groups excluding carboxylic acids is 2. The van der Waals surface area contributed by atoms with Gasteiger partial charge in [0.2, 0.25) is 5.91 Å². The Labute approximate surface area is 249 Å². The van der Waals surface area contributed by atoms with Crippen LogP contribution in [0.5, 0.6) is 11.5 Å². The number of nitrogens with one attached hydrogen (secondary N) is 1. The van der Waals surface area contributed by atoms with Gasteiger partial charge in [-0.2, -0.15) is 0 Å². The van der Waals surface area contributed by atoms with E-state index in [0.717, 1.165) is 44.9 Å². The molecule has 11 heteroatoms. The van der Waals surface area contributed by atoms with Crippen molar-refractivity contribution in [2.75, 3.05) is 26.9 Å². The first-order valence-corrected chi connectivity index (χ1v) is 15.3. The third-order valence-corrected chi connectivity index (χ3v) is 8.78. The van der Waals surface area contributed by atoms with Crippen LogP contribution in [0.1, 0.15) is 63.4 Å². The van der Waals surface area contributed by atoms with Crippen LogP contribution < -0.4 is 14.8 Å². The molecule has 4 unspecified atom stereocenters. The van der Waals surface area contributed by atoms with E-state index in [-0.39, 0.29) is 44.0 Å². The minimum absolute atomic E-state index is 0.0714. The molecule has 3 aliphatic rings. The maximum Gasteiger partial charge on any atom is 0.252 e. The molecule has 1 saturated heterocycles. The number of hydrogen-bond acceptors (Lipinski definition) is 8. The molecule has 1 heterocycles. The number of methoxy groups -OCH3 is 1. The average Bonchev–Trinajstić information content (AvgIpc) is 3.38. The van der Waals surface area contributed by atoms with Crippen molar-refractivity contribution in [3.05, 3.63) is 32.9 Å². The van der Waals surface area contributed by atoms with Crippen LogP contribution in [0, 0.1) is 3.57 Å². The second kappa shape index (κ2) is 14.8. The molecule has 0 aromatic heterocycles. The predicted molar refractivity (Wildman–Crippen MR) is 156 cm³/mol.